The van der Waals surface area contributed by atoms with E-state index >= 15 is 0 Å². The lowest BCUT2D eigenvalue weighted by Gasteiger charge is -2.11. The number of rotatable bonds is 5. The zero-order valence-corrected chi connectivity index (χ0v) is 17.4. The van der Waals surface area contributed by atoms with Gasteiger partial charge in [-0.25, -0.2) is 9.97 Å². The van der Waals surface area contributed by atoms with Crippen molar-refractivity contribution in [1.29, 1.82) is 0 Å². The molecule has 2 aromatic carbocycles. The van der Waals surface area contributed by atoms with Crippen molar-refractivity contribution in [2.75, 3.05) is 11.1 Å². The molecule has 1 aliphatic carbocycles. The van der Waals surface area contributed by atoms with Crippen LogP contribution in [0.4, 0.5) is 5.69 Å². The van der Waals surface area contributed by atoms with Gasteiger partial charge in [0.1, 0.15) is 16.2 Å². The molecule has 4 aromatic rings. The number of carbonyl (C=O) groups excluding carboxylic acids is 1. The van der Waals surface area contributed by atoms with Crippen molar-refractivity contribution in [3.05, 3.63) is 71.4 Å². The summed E-state index contributed by atoms with van der Waals surface area (Å²) in [5, 5.41) is 5.15. The van der Waals surface area contributed by atoms with Crippen molar-refractivity contribution in [3.8, 4) is 11.1 Å². The smallest absolute Gasteiger partial charge is 0.234 e. The lowest BCUT2D eigenvalue weighted by molar-refractivity contribution is -0.113. The van der Waals surface area contributed by atoms with Gasteiger partial charge in [-0.3, -0.25) is 4.79 Å². The van der Waals surface area contributed by atoms with Crippen molar-refractivity contribution < 1.29 is 4.79 Å². The molecule has 144 valence electrons. The zero-order valence-electron chi connectivity index (χ0n) is 15.7. The van der Waals surface area contributed by atoms with Gasteiger partial charge in [-0.2, -0.15) is 0 Å². The fourth-order valence-corrected chi connectivity index (χ4v) is 5.91. The number of aromatic nitrogens is 2. The van der Waals surface area contributed by atoms with Crippen molar-refractivity contribution in [2.24, 2.45) is 0 Å². The van der Waals surface area contributed by atoms with Gasteiger partial charge in [-0.15, -0.1) is 11.3 Å². The Balaban J connectivity index is 1.34. The molecular formula is C23H19N3OS2. The number of para-hydroxylation sites is 1. The Bertz CT molecular complexity index is 1190. The topological polar surface area (TPSA) is 54.9 Å². The van der Waals surface area contributed by atoms with E-state index in [9.17, 15) is 4.79 Å². The van der Waals surface area contributed by atoms with Crippen LogP contribution in [0.1, 0.15) is 16.9 Å². The summed E-state index contributed by atoms with van der Waals surface area (Å²) in [7, 11) is 0. The Labute approximate surface area is 177 Å². The van der Waals surface area contributed by atoms with Crippen LogP contribution in [0.25, 0.3) is 21.3 Å². The average Bonchev–Trinajstić information content (AvgIpc) is 3.34. The first-order valence-electron chi connectivity index (χ1n) is 9.62. The van der Waals surface area contributed by atoms with Crippen LogP contribution < -0.4 is 5.32 Å². The Morgan fingerprint density at radius 2 is 1.86 bits per heavy atom. The lowest BCUT2D eigenvalue weighted by atomic mass is 10.0. The third kappa shape index (κ3) is 3.66. The number of amides is 1. The van der Waals surface area contributed by atoms with E-state index in [0.29, 0.717) is 5.75 Å². The normalized spacial score (nSPS) is 12.8. The van der Waals surface area contributed by atoms with Crippen LogP contribution in [0.5, 0.6) is 0 Å². The van der Waals surface area contributed by atoms with Crippen LogP contribution in [0.2, 0.25) is 0 Å². The summed E-state index contributed by atoms with van der Waals surface area (Å²) in [5.41, 5.74) is 4.32. The number of nitrogens with zero attached hydrogens (tertiary/aromatic N) is 2. The van der Waals surface area contributed by atoms with Crippen molar-refractivity contribution >= 4 is 44.9 Å². The fourth-order valence-electron chi connectivity index (χ4n) is 3.79. The third-order valence-corrected chi connectivity index (χ3v) is 7.28. The van der Waals surface area contributed by atoms with Gasteiger partial charge in [-0.05, 0) is 36.5 Å². The number of benzene rings is 2. The van der Waals surface area contributed by atoms with E-state index in [1.54, 1.807) is 17.7 Å². The summed E-state index contributed by atoms with van der Waals surface area (Å²) in [6.45, 7) is 0. The van der Waals surface area contributed by atoms with Gasteiger partial charge >= 0.3 is 0 Å². The maximum atomic E-state index is 12.7. The molecule has 6 heteroatoms. The first-order valence-corrected chi connectivity index (χ1v) is 11.4. The van der Waals surface area contributed by atoms with Crippen molar-refractivity contribution in [1.82, 2.24) is 9.97 Å². The van der Waals surface area contributed by atoms with E-state index in [0.717, 1.165) is 44.9 Å². The molecule has 2 heterocycles. The van der Waals surface area contributed by atoms with E-state index in [1.807, 2.05) is 42.5 Å². The number of hydrogen-bond donors (Lipinski definition) is 1. The van der Waals surface area contributed by atoms with Gasteiger partial charge in [0.25, 0.3) is 0 Å². The standard InChI is InChI=1S/C23H19N3OS2/c27-20(26-18-11-5-4-9-16(18)15-7-2-1-3-8-15)13-28-22-21-17-10-6-12-19(17)29-23(21)25-14-24-22/h1-5,7-9,11,14H,6,10,12-13H2,(H,26,27). The second kappa shape index (κ2) is 7.97. The van der Waals surface area contributed by atoms with Gasteiger partial charge in [0.05, 0.1) is 5.75 Å². The zero-order chi connectivity index (χ0) is 19.6. The molecular weight excluding hydrogens is 398 g/mol. The van der Waals surface area contributed by atoms with Crippen LogP contribution in [0.15, 0.2) is 66.0 Å². The molecule has 1 amide bonds. The lowest BCUT2D eigenvalue weighted by Crippen LogP contribution is -2.14. The number of anilines is 1. The highest BCUT2D eigenvalue weighted by Gasteiger charge is 2.21. The summed E-state index contributed by atoms with van der Waals surface area (Å²) in [6.07, 6.45) is 5.04. The summed E-state index contributed by atoms with van der Waals surface area (Å²) in [4.78, 5) is 24.1. The van der Waals surface area contributed by atoms with Gasteiger partial charge in [-0.1, -0.05) is 60.3 Å². The molecule has 0 bridgehead atoms. The summed E-state index contributed by atoms with van der Waals surface area (Å²) < 4.78 is 0. The third-order valence-electron chi connectivity index (χ3n) is 5.09. The number of fused-ring (bicyclic) bond motifs is 3. The van der Waals surface area contributed by atoms with Gasteiger partial charge < -0.3 is 5.32 Å². The number of hydrogen-bond acceptors (Lipinski definition) is 5. The van der Waals surface area contributed by atoms with Crippen LogP contribution >= 0.6 is 23.1 Å². The van der Waals surface area contributed by atoms with Crippen molar-refractivity contribution in [2.45, 2.75) is 24.3 Å². The maximum Gasteiger partial charge on any atom is 0.234 e. The summed E-state index contributed by atoms with van der Waals surface area (Å²) >= 11 is 3.27. The summed E-state index contributed by atoms with van der Waals surface area (Å²) in [5.74, 6) is 0.289. The van der Waals surface area contributed by atoms with E-state index < -0.39 is 0 Å². The van der Waals surface area contributed by atoms with Gasteiger partial charge in [0.2, 0.25) is 5.91 Å². The molecule has 0 saturated carbocycles. The Morgan fingerprint density at radius 1 is 1.03 bits per heavy atom. The quantitative estimate of drug-likeness (QED) is 0.340. The molecule has 0 unspecified atom stereocenters. The highest BCUT2D eigenvalue weighted by atomic mass is 32.2. The highest BCUT2D eigenvalue weighted by Crippen LogP contribution is 2.40. The highest BCUT2D eigenvalue weighted by molar-refractivity contribution is 8.00. The summed E-state index contributed by atoms with van der Waals surface area (Å²) in [6, 6.07) is 18.0. The minimum Gasteiger partial charge on any atom is -0.325 e. The Kier molecular flexibility index (Phi) is 5.04. The Morgan fingerprint density at radius 3 is 2.76 bits per heavy atom. The second-order valence-corrected chi connectivity index (χ2v) is 9.01. The SMILES string of the molecule is O=C(CSc1ncnc2sc3c(c12)CCC3)Nc1ccccc1-c1ccccc1. The molecule has 5 rings (SSSR count). The fraction of sp³-hybridized carbons (Fsp3) is 0.174. The van der Waals surface area contributed by atoms with E-state index in [1.165, 1.54) is 28.6 Å². The number of thioether (sulfide) groups is 1. The van der Waals surface area contributed by atoms with Gasteiger partial charge in [0, 0.05) is 21.5 Å². The molecule has 1 aliphatic rings. The van der Waals surface area contributed by atoms with Crippen LogP contribution in [-0.2, 0) is 17.6 Å². The van der Waals surface area contributed by atoms with Crippen LogP contribution in [0, 0.1) is 0 Å². The van der Waals surface area contributed by atoms with E-state index in [4.69, 9.17) is 0 Å². The number of nitrogens with one attached hydrogen (secondary N) is 1. The first-order chi connectivity index (χ1) is 14.3. The molecule has 0 fully saturated rings. The number of thiophene rings is 1. The molecule has 4 nitrogen and oxygen atoms in total. The number of aryl methyl sites for hydroxylation is 2. The molecule has 29 heavy (non-hydrogen) atoms. The minimum atomic E-state index is -0.0305. The Hall–Kier alpha value is -2.70. The molecule has 0 spiro atoms. The first kappa shape index (κ1) is 18.3. The molecule has 0 saturated heterocycles. The molecule has 0 aliphatic heterocycles. The molecule has 1 N–H and O–H groups in total. The molecule has 2 aromatic heterocycles. The predicted molar refractivity (Wildman–Crippen MR) is 121 cm³/mol. The molecule has 0 atom stereocenters. The molecule has 0 radical (unpaired) electrons. The van der Waals surface area contributed by atoms with Gasteiger partial charge in [0.15, 0.2) is 0 Å². The minimum absolute atomic E-state index is 0.0305. The monoisotopic (exact) mass is 417 g/mol. The van der Waals surface area contributed by atoms with Crippen LogP contribution in [0.3, 0.4) is 0 Å². The van der Waals surface area contributed by atoms with Crippen molar-refractivity contribution in [3.63, 3.8) is 0 Å². The number of carbonyl (C=O) groups is 1. The van der Waals surface area contributed by atoms with E-state index in [-0.39, 0.29) is 5.91 Å². The average molecular weight is 418 g/mol. The largest absolute Gasteiger partial charge is 0.325 e. The van der Waals surface area contributed by atoms with Crippen LogP contribution in [-0.4, -0.2) is 21.6 Å². The predicted octanol–water partition coefficient (Wildman–Crippen LogP) is 5.58. The maximum absolute atomic E-state index is 12.7. The second-order valence-electron chi connectivity index (χ2n) is 6.96. The van der Waals surface area contributed by atoms with E-state index in [2.05, 4.69) is 27.4 Å².